The van der Waals surface area contributed by atoms with Crippen LogP contribution in [0.5, 0.6) is 5.75 Å². The highest BCUT2D eigenvalue weighted by molar-refractivity contribution is 9.10. The highest BCUT2D eigenvalue weighted by Crippen LogP contribution is 2.28. The minimum absolute atomic E-state index is 0.0585. The molecular formula is C14H15BrN2O. The Labute approximate surface area is 115 Å². The van der Waals surface area contributed by atoms with Gasteiger partial charge in [0.05, 0.1) is 5.69 Å². The van der Waals surface area contributed by atoms with Crippen LogP contribution in [0.15, 0.2) is 47.1 Å². The average Bonchev–Trinajstić information content (AvgIpc) is 2.37. The van der Waals surface area contributed by atoms with Crippen LogP contribution in [0.4, 0.5) is 0 Å². The summed E-state index contributed by atoms with van der Waals surface area (Å²) in [6.45, 7) is 2.38. The molecule has 0 aliphatic carbocycles. The highest BCUT2D eigenvalue weighted by Gasteiger charge is 2.09. The molecule has 0 aliphatic rings. The van der Waals surface area contributed by atoms with Crippen molar-refractivity contribution in [3.05, 3.63) is 58.3 Å². The van der Waals surface area contributed by atoms with Gasteiger partial charge in [-0.2, -0.15) is 0 Å². The summed E-state index contributed by atoms with van der Waals surface area (Å²) in [7, 11) is 0. The lowest BCUT2D eigenvalue weighted by Crippen LogP contribution is -2.08. The summed E-state index contributed by atoms with van der Waals surface area (Å²) < 4.78 is 6.77. The second-order valence-corrected chi connectivity index (χ2v) is 5.00. The van der Waals surface area contributed by atoms with Crippen molar-refractivity contribution in [1.29, 1.82) is 0 Å². The van der Waals surface area contributed by atoms with Crippen molar-refractivity contribution in [2.75, 3.05) is 0 Å². The summed E-state index contributed by atoms with van der Waals surface area (Å²) in [5, 5.41) is 0. The molecule has 0 fully saturated rings. The zero-order chi connectivity index (χ0) is 13.0. The van der Waals surface area contributed by atoms with Crippen molar-refractivity contribution in [2.24, 2.45) is 5.73 Å². The second-order valence-electron chi connectivity index (χ2n) is 4.08. The molecule has 0 amide bonds. The van der Waals surface area contributed by atoms with Crippen molar-refractivity contribution in [1.82, 2.24) is 4.98 Å². The number of nitrogens with two attached hydrogens (primary N) is 1. The van der Waals surface area contributed by atoms with Crippen LogP contribution >= 0.6 is 15.9 Å². The molecule has 2 rings (SSSR count). The van der Waals surface area contributed by atoms with Gasteiger partial charge in [-0.3, -0.25) is 4.98 Å². The molecule has 3 nitrogen and oxygen atoms in total. The predicted octanol–water partition coefficient (Wildman–Crippen LogP) is 3.44. The van der Waals surface area contributed by atoms with Crippen LogP contribution < -0.4 is 10.5 Å². The first-order chi connectivity index (χ1) is 8.66. The van der Waals surface area contributed by atoms with E-state index in [1.807, 2.05) is 43.3 Å². The molecule has 4 heteroatoms. The number of rotatable bonds is 4. The molecule has 0 saturated heterocycles. The van der Waals surface area contributed by atoms with Gasteiger partial charge < -0.3 is 10.5 Å². The maximum Gasteiger partial charge on any atom is 0.130 e. The minimum atomic E-state index is -0.0585. The molecular weight excluding hydrogens is 292 g/mol. The normalized spacial score (nSPS) is 12.2. The third-order valence-electron chi connectivity index (χ3n) is 2.57. The molecule has 18 heavy (non-hydrogen) atoms. The van der Waals surface area contributed by atoms with Gasteiger partial charge in [-0.15, -0.1) is 0 Å². The summed E-state index contributed by atoms with van der Waals surface area (Å²) in [4.78, 5) is 4.22. The Morgan fingerprint density at radius 2 is 2.17 bits per heavy atom. The van der Waals surface area contributed by atoms with Crippen LogP contribution in [-0.2, 0) is 6.61 Å². The van der Waals surface area contributed by atoms with Crippen LogP contribution in [0, 0.1) is 0 Å². The van der Waals surface area contributed by atoms with Gasteiger partial charge in [-0.05, 0) is 31.2 Å². The average molecular weight is 307 g/mol. The van der Waals surface area contributed by atoms with E-state index in [4.69, 9.17) is 10.5 Å². The number of ether oxygens (including phenoxy) is 1. The van der Waals surface area contributed by atoms with E-state index in [2.05, 4.69) is 20.9 Å². The maximum absolute atomic E-state index is 5.92. The number of halogens is 1. The first kappa shape index (κ1) is 13.1. The molecule has 0 spiro atoms. The second kappa shape index (κ2) is 5.98. The Hall–Kier alpha value is -1.39. The van der Waals surface area contributed by atoms with Crippen molar-refractivity contribution >= 4 is 15.9 Å². The monoisotopic (exact) mass is 306 g/mol. The van der Waals surface area contributed by atoms with Crippen LogP contribution in [0.3, 0.4) is 0 Å². The van der Waals surface area contributed by atoms with Crippen LogP contribution in [-0.4, -0.2) is 4.98 Å². The SMILES string of the molecule is CC(N)c1ccc(Br)cc1OCc1ccccn1. The molecule has 1 heterocycles. The number of aromatic nitrogens is 1. The van der Waals surface area contributed by atoms with E-state index in [1.54, 1.807) is 6.20 Å². The van der Waals surface area contributed by atoms with Crippen molar-refractivity contribution in [3.63, 3.8) is 0 Å². The maximum atomic E-state index is 5.92. The van der Waals surface area contributed by atoms with Gasteiger partial charge in [0.1, 0.15) is 12.4 Å². The fourth-order valence-electron chi connectivity index (χ4n) is 1.64. The summed E-state index contributed by atoms with van der Waals surface area (Å²) in [6.07, 6.45) is 1.76. The molecule has 1 aromatic heterocycles. The molecule has 0 saturated carbocycles. The van der Waals surface area contributed by atoms with Gasteiger partial charge in [0, 0.05) is 22.3 Å². The quantitative estimate of drug-likeness (QED) is 0.941. The Balaban J connectivity index is 2.15. The Morgan fingerprint density at radius 1 is 1.33 bits per heavy atom. The topological polar surface area (TPSA) is 48.1 Å². The van der Waals surface area contributed by atoms with E-state index >= 15 is 0 Å². The lowest BCUT2D eigenvalue weighted by atomic mass is 10.1. The number of pyridine rings is 1. The first-order valence-corrected chi connectivity index (χ1v) is 6.54. The Kier molecular flexibility index (Phi) is 4.33. The van der Waals surface area contributed by atoms with Gasteiger partial charge in [-0.1, -0.05) is 28.1 Å². The third kappa shape index (κ3) is 3.31. The molecule has 1 atom stereocenters. The van der Waals surface area contributed by atoms with Crippen LogP contribution in [0.2, 0.25) is 0 Å². The number of hydrogen-bond acceptors (Lipinski definition) is 3. The number of nitrogens with zero attached hydrogens (tertiary/aromatic N) is 1. The highest BCUT2D eigenvalue weighted by atomic mass is 79.9. The molecule has 2 aromatic rings. The molecule has 94 valence electrons. The Morgan fingerprint density at radius 3 is 2.83 bits per heavy atom. The van der Waals surface area contributed by atoms with Gasteiger partial charge >= 0.3 is 0 Å². The fourth-order valence-corrected chi connectivity index (χ4v) is 1.98. The lowest BCUT2D eigenvalue weighted by molar-refractivity contribution is 0.296. The summed E-state index contributed by atoms with van der Waals surface area (Å²) in [5.41, 5.74) is 7.81. The van der Waals surface area contributed by atoms with E-state index < -0.39 is 0 Å². The predicted molar refractivity (Wildman–Crippen MR) is 75.3 cm³/mol. The van der Waals surface area contributed by atoms with Gasteiger partial charge in [-0.25, -0.2) is 0 Å². The first-order valence-electron chi connectivity index (χ1n) is 5.74. The summed E-state index contributed by atoms with van der Waals surface area (Å²) in [5.74, 6) is 0.796. The van der Waals surface area contributed by atoms with Crippen molar-refractivity contribution < 1.29 is 4.74 Å². The van der Waals surface area contributed by atoms with Gasteiger partial charge in [0.15, 0.2) is 0 Å². The molecule has 0 bridgehead atoms. The standard InChI is InChI=1S/C14H15BrN2O/c1-10(16)13-6-5-11(15)8-14(13)18-9-12-4-2-3-7-17-12/h2-8,10H,9,16H2,1H3. The zero-order valence-electron chi connectivity index (χ0n) is 10.1. The number of hydrogen-bond donors (Lipinski definition) is 1. The smallest absolute Gasteiger partial charge is 0.130 e. The van der Waals surface area contributed by atoms with Crippen molar-refractivity contribution in [3.8, 4) is 5.75 Å². The van der Waals surface area contributed by atoms with E-state index in [1.165, 1.54) is 0 Å². The minimum Gasteiger partial charge on any atom is -0.487 e. The summed E-state index contributed by atoms with van der Waals surface area (Å²) >= 11 is 3.44. The zero-order valence-corrected chi connectivity index (χ0v) is 11.7. The van der Waals surface area contributed by atoms with Crippen molar-refractivity contribution in [2.45, 2.75) is 19.6 Å². The van der Waals surface area contributed by atoms with E-state index in [-0.39, 0.29) is 6.04 Å². The van der Waals surface area contributed by atoms with Crippen LogP contribution in [0.1, 0.15) is 24.2 Å². The van der Waals surface area contributed by atoms with E-state index in [0.29, 0.717) is 6.61 Å². The number of benzene rings is 1. The lowest BCUT2D eigenvalue weighted by Gasteiger charge is -2.14. The molecule has 1 aromatic carbocycles. The van der Waals surface area contributed by atoms with Gasteiger partial charge in [0.2, 0.25) is 0 Å². The molecule has 1 unspecified atom stereocenters. The van der Waals surface area contributed by atoms with E-state index in [9.17, 15) is 0 Å². The fraction of sp³-hybridized carbons (Fsp3) is 0.214. The summed E-state index contributed by atoms with van der Waals surface area (Å²) in [6, 6.07) is 11.6. The molecule has 2 N–H and O–H groups in total. The largest absolute Gasteiger partial charge is 0.487 e. The third-order valence-corrected chi connectivity index (χ3v) is 3.06. The van der Waals surface area contributed by atoms with Gasteiger partial charge in [0.25, 0.3) is 0 Å². The Bertz CT molecular complexity index is 514. The van der Waals surface area contributed by atoms with Crippen LogP contribution in [0.25, 0.3) is 0 Å². The molecule has 0 aliphatic heterocycles. The molecule has 0 radical (unpaired) electrons. The van der Waals surface area contributed by atoms with E-state index in [0.717, 1.165) is 21.5 Å².